The second-order valence-corrected chi connectivity index (χ2v) is 7.29. The molecule has 28 heavy (non-hydrogen) atoms. The molecule has 0 aliphatic carbocycles. The number of nitrogens with zero attached hydrogens (tertiary/aromatic N) is 6. The molecule has 2 saturated heterocycles. The molecule has 0 spiro atoms. The van der Waals surface area contributed by atoms with Crippen molar-refractivity contribution in [1.82, 2.24) is 19.8 Å². The largest absolute Gasteiger partial charge is 0.368 e. The molecule has 0 atom stereocenters. The van der Waals surface area contributed by atoms with Crippen LogP contribution < -0.4 is 9.80 Å². The molecule has 2 fully saturated rings. The van der Waals surface area contributed by atoms with Crippen LogP contribution in [-0.2, 0) is 0 Å². The van der Waals surface area contributed by atoms with Crippen LogP contribution in [0.4, 0.5) is 16.0 Å². The van der Waals surface area contributed by atoms with Crippen LogP contribution in [0.5, 0.6) is 0 Å². The van der Waals surface area contributed by atoms with Gasteiger partial charge in [0.05, 0.1) is 0 Å². The number of carbonyl (C=O) groups excluding carboxylic acids is 1. The molecule has 0 N–H and O–H groups in total. The zero-order chi connectivity index (χ0) is 19.5. The summed E-state index contributed by atoms with van der Waals surface area (Å²) in [7, 11) is 2.10. The number of hydrogen-bond acceptors (Lipinski definition) is 6. The van der Waals surface area contributed by atoms with E-state index < -0.39 is 0 Å². The first kappa shape index (κ1) is 18.6. The summed E-state index contributed by atoms with van der Waals surface area (Å²) in [5.41, 5.74) is 1.42. The van der Waals surface area contributed by atoms with E-state index in [0.29, 0.717) is 37.8 Å². The van der Waals surface area contributed by atoms with E-state index in [9.17, 15) is 9.18 Å². The van der Waals surface area contributed by atoms with Gasteiger partial charge in [0.25, 0.3) is 5.91 Å². The summed E-state index contributed by atoms with van der Waals surface area (Å²) in [6.07, 6.45) is 1.67. The second-order valence-electron chi connectivity index (χ2n) is 7.29. The first-order chi connectivity index (χ1) is 13.6. The third-order valence-electron chi connectivity index (χ3n) is 5.41. The molecule has 0 bridgehead atoms. The molecule has 0 unspecified atom stereocenters. The Hall–Kier alpha value is -2.74. The summed E-state index contributed by atoms with van der Waals surface area (Å²) in [5.74, 6) is 0.331. The SMILES string of the molecule is CN1CCN(c2nccc(C(=O)N3CCN(c4ccc(F)cc4)CC3)n2)CC1. The van der Waals surface area contributed by atoms with Gasteiger partial charge in [-0.15, -0.1) is 0 Å². The number of amides is 1. The minimum absolute atomic E-state index is 0.0588. The lowest BCUT2D eigenvalue weighted by atomic mass is 10.2. The van der Waals surface area contributed by atoms with E-state index in [0.717, 1.165) is 31.9 Å². The second kappa shape index (κ2) is 8.10. The lowest BCUT2D eigenvalue weighted by Gasteiger charge is -2.36. The minimum atomic E-state index is -0.238. The highest BCUT2D eigenvalue weighted by Gasteiger charge is 2.24. The third-order valence-corrected chi connectivity index (χ3v) is 5.41. The quantitative estimate of drug-likeness (QED) is 0.796. The maximum absolute atomic E-state index is 13.1. The highest BCUT2D eigenvalue weighted by Crippen LogP contribution is 2.18. The van der Waals surface area contributed by atoms with Gasteiger partial charge in [0.15, 0.2) is 0 Å². The molecule has 4 rings (SSSR count). The van der Waals surface area contributed by atoms with Crippen molar-refractivity contribution in [3.8, 4) is 0 Å². The van der Waals surface area contributed by atoms with Crippen LogP contribution in [-0.4, -0.2) is 85.1 Å². The van der Waals surface area contributed by atoms with Crippen LogP contribution in [0.25, 0.3) is 0 Å². The van der Waals surface area contributed by atoms with Gasteiger partial charge in [0, 0.05) is 64.2 Å². The standard InChI is InChI=1S/C20H25FN6O/c1-24-8-10-27(11-9-24)20-22-7-6-18(23-20)19(28)26-14-12-25(13-15-26)17-4-2-16(21)3-5-17/h2-7H,8-15H2,1H3. The predicted octanol–water partition coefficient (Wildman–Crippen LogP) is 1.33. The summed E-state index contributed by atoms with van der Waals surface area (Å²) in [6, 6.07) is 8.18. The van der Waals surface area contributed by atoms with Crippen molar-refractivity contribution < 1.29 is 9.18 Å². The lowest BCUT2D eigenvalue weighted by molar-refractivity contribution is 0.0740. The van der Waals surface area contributed by atoms with Crippen molar-refractivity contribution >= 4 is 17.5 Å². The predicted molar refractivity (Wildman–Crippen MR) is 106 cm³/mol. The highest BCUT2D eigenvalue weighted by molar-refractivity contribution is 5.92. The monoisotopic (exact) mass is 384 g/mol. The number of carbonyl (C=O) groups is 1. The van der Waals surface area contributed by atoms with Gasteiger partial charge < -0.3 is 19.6 Å². The normalized spacial score (nSPS) is 18.4. The van der Waals surface area contributed by atoms with Gasteiger partial charge in [-0.2, -0.15) is 0 Å². The Morgan fingerprint density at radius 3 is 2.21 bits per heavy atom. The molecule has 0 saturated carbocycles. The summed E-state index contributed by atoms with van der Waals surface area (Å²) in [5, 5.41) is 0. The molecule has 0 radical (unpaired) electrons. The van der Waals surface area contributed by atoms with Crippen LogP contribution in [0.3, 0.4) is 0 Å². The van der Waals surface area contributed by atoms with Gasteiger partial charge in [0.1, 0.15) is 11.5 Å². The van der Waals surface area contributed by atoms with Crippen molar-refractivity contribution in [3.05, 3.63) is 48.0 Å². The Labute approximate surface area is 164 Å². The Kier molecular flexibility index (Phi) is 5.38. The van der Waals surface area contributed by atoms with E-state index in [1.807, 2.05) is 4.90 Å². The molecule has 2 aliphatic rings. The number of anilines is 2. The van der Waals surface area contributed by atoms with E-state index >= 15 is 0 Å². The van der Waals surface area contributed by atoms with E-state index in [1.165, 1.54) is 12.1 Å². The Balaban J connectivity index is 1.38. The van der Waals surface area contributed by atoms with Gasteiger partial charge in [-0.1, -0.05) is 0 Å². The number of halogens is 1. The summed E-state index contributed by atoms with van der Waals surface area (Å²) >= 11 is 0. The molecular weight excluding hydrogens is 359 g/mol. The van der Waals surface area contributed by atoms with Gasteiger partial charge >= 0.3 is 0 Å². The average Bonchev–Trinajstić information content (AvgIpc) is 2.74. The molecular formula is C20H25FN6O. The van der Waals surface area contributed by atoms with Crippen LogP contribution in [0, 0.1) is 5.82 Å². The van der Waals surface area contributed by atoms with Crippen molar-refractivity contribution in [2.45, 2.75) is 0 Å². The number of aromatic nitrogens is 2. The van der Waals surface area contributed by atoms with Crippen molar-refractivity contribution in [1.29, 1.82) is 0 Å². The fourth-order valence-corrected chi connectivity index (χ4v) is 3.61. The number of piperazine rings is 2. The Morgan fingerprint density at radius 1 is 0.893 bits per heavy atom. The molecule has 1 amide bonds. The molecule has 2 aromatic rings. The van der Waals surface area contributed by atoms with Crippen LogP contribution in [0.15, 0.2) is 36.5 Å². The summed E-state index contributed by atoms with van der Waals surface area (Å²) in [4.78, 5) is 30.2. The fraction of sp³-hybridized carbons (Fsp3) is 0.450. The summed E-state index contributed by atoms with van der Waals surface area (Å²) in [6.45, 7) is 6.32. The topological polar surface area (TPSA) is 55.8 Å². The van der Waals surface area contributed by atoms with Gasteiger partial charge in [0.2, 0.25) is 5.95 Å². The zero-order valence-corrected chi connectivity index (χ0v) is 16.1. The first-order valence-corrected chi connectivity index (χ1v) is 9.66. The molecule has 3 heterocycles. The van der Waals surface area contributed by atoms with Gasteiger partial charge in [-0.3, -0.25) is 4.79 Å². The Morgan fingerprint density at radius 2 is 1.54 bits per heavy atom. The maximum atomic E-state index is 13.1. The molecule has 148 valence electrons. The number of benzene rings is 1. The third kappa shape index (κ3) is 4.06. The molecule has 8 heteroatoms. The maximum Gasteiger partial charge on any atom is 0.272 e. The smallest absolute Gasteiger partial charge is 0.272 e. The Bertz CT molecular complexity index is 814. The van der Waals surface area contributed by atoms with Gasteiger partial charge in [-0.25, -0.2) is 14.4 Å². The lowest BCUT2D eigenvalue weighted by Crippen LogP contribution is -2.49. The van der Waals surface area contributed by atoms with Crippen molar-refractivity contribution in [2.24, 2.45) is 0 Å². The highest BCUT2D eigenvalue weighted by atomic mass is 19.1. The first-order valence-electron chi connectivity index (χ1n) is 9.66. The summed E-state index contributed by atoms with van der Waals surface area (Å²) < 4.78 is 13.1. The molecule has 2 aliphatic heterocycles. The number of rotatable bonds is 3. The molecule has 1 aromatic heterocycles. The minimum Gasteiger partial charge on any atom is -0.368 e. The number of hydrogen-bond donors (Lipinski definition) is 0. The molecule has 7 nitrogen and oxygen atoms in total. The van der Waals surface area contributed by atoms with E-state index in [-0.39, 0.29) is 11.7 Å². The molecule has 1 aromatic carbocycles. The van der Waals surface area contributed by atoms with E-state index in [1.54, 1.807) is 24.4 Å². The number of likely N-dealkylation sites (N-methyl/N-ethyl adjacent to an activating group) is 1. The van der Waals surface area contributed by atoms with E-state index in [4.69, 9.17) is 0 Å². The zero-order valence-electron chi connectivity index (χ0n) is 16.1. The van der Waals surface area contributed by atoms with E-state index in [2.05, 4.69) is 31.7 Å². The average molecular weight is 384 g/mol. The van der Waals surface area contributed by atoms with Crippen LogP contribution in [0.1, 0.15) is 10.5 Å². The van der Waals surface area contributed by atoms with Crippen molar-refractivity contribution in [3.63, 3.8) is 0 Å². The fourth-order valence-electron chi connectivity index (χ4n) is 3.61. The van der Waals surface area contributed by atoms with Crippen LogP contribution >= 0.6 is 0 Å². The van der Waals surface area contributed by atoms with Crippen molar-refractivity contribution in [2.75, 3.05) is 69.2 Å². The van der Waals surface area contributed by atoms with Crippen LogP contribution in [0.2, 0.25) is 0 Å². The van der Waals surface area contributed by atoms with Gasteiger partial charge in [-0.05, 0) is 37.4 Å².